The van der Waals surface area contributed by atoms with Gasteiger partial charge in [0.15, 0.2) is 0 Å². The predicted octanol–water partition coefficient (Wildman–Crippen LogP) is 1.74. The Labute approximate surface area is 92.3 Å². The zero-order valence-corrected chi connectivity index (χ0v) is 8.91. The summed E-state index contributed by atoms with van der Waals surface area (Å²) in [6.07, 6.45) is 0.833. The van der Waals surface area contributed by atoms with Crippen molar-refractivity contribution in [2.24, 2.45) is 5.73 Å². The number of aromatic nitrogens is 2. The second kappa shape index (κ2) is 4.08. The third-order valence-corrected chi connectivity index (χ3v) is 2.63. The molecule has 0 saturated carbocycles. The second-order valence-electron chi connectivity index (χ2n) is 3.36. The van der Waals surface area contributed by atoms with Gasteiger partial charge in [-0.2, -0.15) is 5.10 Å². The summed E-state index contributed by atoms with van der Waals surface area (Å²) in [5.41, 5.74) is 6.13. The maximum Gasteiger partial charge on any atom is 0.134 e. The standard InChI is InChI=1S/C10H12ClN3O/c11-10-8-3-2-7(15)6-9(8)13-14(10)5-1-4-12/h2-3,6,15H,1,4-5,12H2. The van der Waals surface area contributed by atoms with Gasteiger partial charge >= 0.3 is 0 Å². The van der Waals surface area contributed by atoms with Crippen LogP contribution in [0.15, 0.2) is 18.2 Å². The van der Waals surface area contributed by atoms with Crippen molar-refractivity contribution in [3.05, 3.63) is 23.4 Å². The van der Waals surface area contributed by atoms with Crippen molar-refractivity contribution in [2.75, 3.05) is 6.54 Å². The molecule has 2 rings (SSSR count). The highest BCUT2D eigenvalue weighted by Crippen LogP contribution is 2.26. The van der Waals surface area contributed by atoms with Gasteiger partial charge in [-0.3, -0.25) is 4.68 Å². The summed E-state index contributed by atoms with van der Waals surface area (Å²) >= 11 is 6.12. The van der Waals surface area contributed by atoms with Crippen LogP contribution in [0.3, 0.4) is 0 Å². The molecule has 0 aliphatic rings. The van der Waals surface area contributed by atoms with Crippen molar-refractivity contribution in [2.45, 2.75) is 13.0 Å². The number of fused-ring (bicyclic) bond motifs is 1. The minimum atomic E-state index is 0.197. The lowest BCUT2D eigenvalue weighted by Crippen LogP contribution is -2.06. The van der Waals surface area contributed by atoms with E-state index in [0.717, 1.165) is 11.8 Å². The van der Waals surface area contributed by atoms with Crippen molar-refractivity contribution in [1.82, 2.24) is 9.78 Å². The molecule has 0 aliphatic carbocycles. The van der Waals surface area contributed by atoms with Crippen LogP contribution in [0.1, 0.15) is 6.42 Å². The molecule has 0 bridgehead atoms. The highest BCUT2D eigenvalue weighted by molar-refractivity contribution is 6.34. The maximum absolute atomic E-state index is 9.29. The van der Waals surface area contributed by atoms with Crippen LogP contribution in [0.2, 0.25) is 5.15 Å². The highest BCUT2D eigenvalue weighted by Gasteiger charge is 2.08. The molecule has 0 fully saturated rings. The molecule has 80 valence electrons. The Balaban J connectivity index is 2.44. The van der Waals surface area contributed by atoms with E-state index in [1.54, 1.807) is 22.9 Å². The van der Waals surface area contributed by atoms with Crippen LogP contribution in [0.4, 0.5) is 0 Å². The van der Waals surface area contributed by atoms with E-state index in [1.807, 2.05) is 0 Å². The summed E-state index contributed by atoms with van der Waals surface area (Å²) in [5.74, 6) is 0.197. The summed E-state index contributed by atoms with van der Waals surface area (Å²) in [6.45, 7) is 1.31. The first kappa shape index (κ1) is 10.3. The quantitative estimate of drug-likeness (QED) is 0.837. The number of phenolic OH excluding ortho intramolecular Hbond substituents is 1. The number of aromatic hydroxyl groups is 1. The fourth-order valence-electron chi connectivity index (χ4n) is 1.48. The molecule has 0 unspecified atom stereocenters. The molecule has 0 radical (unpaired) electrons. The monoisotopic (exact) mass is 225 g/mol. The zero-order chi connectivity index (χ0) is 10.8. The molecule has 0 spiro atoms. The molecule has 3 N–H and O–H groups in total. The van der Waals surface area contributed by atoms with E-state index in [1.165, 1.54) is 0 Å². The summed E-state index contributed by atoms with van der Waals surface area (Å²) in [6, 6.07) is 4.96. The minimum absolute atomic E-state index is 0.197. The van der Waals surface area contributed by atoms with Crippen LogP contribution < -0.4 is 5.73 Å². The lowest BCUT2D eigenvalue weighted by Gasteiger charge is -1.99. The van der Waals surface area contributed by atoms with Gasteiger partial charge < -0.3 is 10.8 Å². The Morgan fingerprint density at radius 3 is 3.00 bits per heavy atom. The SMILES string of the molecule is NCCCn1nc2cc(O)ccc2c1Cl. The Kier molecular flexibility index (Phi) is 2.79. The van der Waals surface area contributed by atoms with E-state index in [-0.39, 0.29) is 5.75 Å². The average Bonchev–Trinajstić information content (AvgIpc) is 2.52. The molecule has 1 aromatic carbocycles. The Bertz CT molecular complexity index is 481. The summed E-state index contributed by atoms with van der Waals surface area (Å²) < 4.78 is 1.71. The first-order valence-corrected chi connectivity index (χ1v) is 5.15. The molecule has 0 aliphatic heterocycles. The largest absolute Gasteiger partial charge is 0.508 e. The molecule has 1 heterocycles. The van der Waals surface area contributed by atoms with Crippen LogP contribution in [-0.2, 0) is 6.54 Å². The number of nitrogens with zero attached hydrogens (tertiary/aromatic N) is 2. The summed E-state index contributed by atoms with van der Waals surface area (Å²) in [7, 11) is 0. The van der Waals surface area contributed by atoms with Crippen molar-refractivity contribution < 1.29 is 5.11 Å². The second-order valence-corrected chi connectivity index (χ2v) is 3.72. The van der Waals surface area contributed by atoms with Gasteiger partial charge in [-0.15, -0.1) is 0 Å². The number of nitrogens with two attached hydrogens (primary N) is 1. The zero-order valence-electron chi connectivity index (χ0n) is 8.15. The molecule has 0 atom stereocenters. The van der Waals surface area contributed by atoms with Gasteiger partial charge in [-0.1, -0.05) is 11.6 Å². The summed E-state index contributed by atoms with van der Waals surface area (Å²) in [5, 5.41) is 15.0. The van der Waals surface area contributed by atoms with Crippen LogP contribution in [-0.4, -0.2) is 21.4 Å². The van der Waals surface area contributed by atoms with Gasteiger partial charge in [0, 0.05) is 18.0 Å². The number of hydrogen-bond donors (Lipinski definition) is 2. The Morgan fingerprint density at radius 2 is 2.27 bits per heavy atom. The Hall–Kier alpha value is -1.26. The fraction of sp³-hybridized carbons (Fsp3) is 0.300. The van der Waals surface area contributed by atoms with Gasteiger partial charge in [-0.25, -0.2) is 0 Å². The van der Waals surface area contributed by atoms with Crippen LogP contribution in [0.25, 0.3) is 10.9 Å². The van der Waals surface area contributed by atoms with Gasteiger partial charge in [-0.05, 0) is 25.1 Å². The van der Waals surface area contributed by atoms with Crippen molar-refractivity contribution >= 4 is 22.5 Å². The average molecular weight is 226 g/mol. The summed E-state index contributed by atoms with van der Waals surface area (Å²) in [4.78, 5) is 0. The van der Waals surface area contributed by atoms with E-state index >= 15 is 0 Å². The van der Waals surface area contributed by atoms with E-state index in [0.29, 0.717) is 23.8 Å². The molecule has 0 amide bonds. The highest BCUT2D eigenvalue weighted by atomic mass is 35.5. The molecule has 2 aromatic rings. The topological polar surface area (TPSA) is 64.1 Å². The smallest absolute Gasteiger partial charge is 0.134 e. The lowest BCUT2D eigenvalue weighted by atomic mass is 10.2. The fourth-order valence-corrected chi connectivity index (χ4v) is 1.76. The van der Waals surface area contributed by atoms with Gasteiger partial charge in [0.25, 0.3) is 0 Å². The molecule has 5 heteroatoms. The van der Waals surface area contributed by atoms with Crippen LogP contribution in [0.5, 0.6) is 5.75 Å². The maximum atomic E-state index is 9.29. The van der Waals surface area contributed by atoms with E-state index in [4.69, 9.17) is 17.3 Å². The molecule has 0 saturated heterocycles. The lowest BCUT2D eigenvalue weighted by molar-refractivity contribution is 0.476. The minimum Gasteiger partial charge on any atom is -0.508 e. The van der Waals surface area contributed by atoms with Crippen molar-refractivity contribution in [3.63, 3.8) is 0 Å². The van der Waals surface area contributed by atoms with Crippen LogP contribution in [0, 0.1) is 0 Å². The predicted molar refractivity (Wildman–Crippen MR) is 60.1 cm³/mol. The number of phenols is 1. The molecule has 4 nitrogen and oxygen atoms in total. The number of halogens is 1. The molecular weight excluding hydrogens is 214 g/mol. The van der Waals surface area contributed by atoms with Crippen LogP contribution >= 0.6 is 11.6 Å². The Morgan fingerprint density at radius 1 is 1.47 bits per heavy atom. The number of rotatable bonds is 3. The third-order valence-electron chi connectivity index (χ3n) is 2.23. The number of aryl methyl sites for hydroxylation is 1. The van der Waals surface area contributed by atoms with E-state index in [9.17, 15) is 5.11 Å². The van der Waals surface area contributed by atoms with E-state index in [2.05, 4.69) is 5.10 Å². The number of hydrogen-bond acceptors (Lipinski definition) is 3. The van der Waals surface area contributed by atoms with Crippen molar-refractivity contribution in [1.29, 1.82) is 0 Å². The third kappa shape index (κ3) is 1.91. The van der Waals surface area contributed by atoms with E-state index < -0.39 is 0 Å². The molecular formula is C10H12ClN3O. The molecule has 1 aromatic heterocycles. The number of benzene rings is 1. The normalized spacial score (nSPS) is 11.1. The molecule has 15 heavy (non-hydrogen) atoms. The van der Waals surface area contributed by atoms with Gasteiger partial charge in [0.2, 0.25) is 0 Å². The van der Waals surface area contributed by atoms with Gasteiger partial charge in [0.05, 0.1) is 5.52 Å². The first-order valence-electron chi connectivity index (χ1n) is 4.77. The first-order chi connectivity index (χ1) is 7.22. The van der Waals surface area contributed by atoms with Crippen molar-refractivity contribution in [3.8, 4) is 5.75 Å². The van der Waals surface area contributed by atoms with Gasteiger partial charge in [0.1, 0.15) is 10.9 Å².